The zero-order chi connectivity index (χ0) is 28.5. The maximum atomic E-state index is 12.7. The molecule has 40 heavy (non-hydrogen) atoms. The molecular formula is C23H23Cl2N5O8P2. The number of nitrogens with zero attached hydrogens (tertiary/aromatic N) is 4. The monoisotopic (exact) mass is 629 g/mol. The van der Waals surface area contributed by atoms with E-state index in [0.717, 1.165) is 0 Å². The van der Waals surface area contributed by atoms with E-state index < -0.39 is 27.5 Å². The molecule has 1 aliphatic rings. The first-order valence-corrected chi connectivity index (χ1v) is 15.5. The first-order chi connectivity index (χ1) is 19.0. The van der Waals surface area contributed by atoms with Crippen LogP contribution in [0.2, 0.25) is 10.0 Å². The van der Waals surface area contributed by atoms with Crippen LogP contribution in [0.1, 0.15) is 12.5 Å². The van der Waals surface area contributed by atoms with Crippen molar-refractivity contribution in [1.29, 1.82) is 0 Å². The Hall–Kier alpha value is -2.73. The van der Waals surface area contributed by atoms with Crippen LogP contribution in [-0.2, 0) is 18.2 Å². The van der Waals surface area contributed by atoms with Crippen molar-refractivity contribution in [2.24, 2.45) is 11.8 Å². The van der Waals surface area contributed by atoms with Gasteiger partial charge in [0, 0.05) is 12.0 Å². The summed E-state index contributed by atoms with van der Waals surface area (Å²) in [4.78, 5) is 33.1. The molecule has 2 aromatic carbocycles. The molecule has 0 bridgehead atoms. The van der Waals surface area contributed by atoms with Crippen LogP contribution in [0.25, 0.3) is 11.2 Å². The van der Waals surface area contributed by atoms with Gasteiger partial charge in [-0.05, 0) is 36.6 Å². The van der Waals surface area contributed by atoms with E-state index in [1.165, 1.54) is 30.5 Å². The number of nitrogens with two attached hydrogens (primary N) is 1. The third-order valence-electron chi connectivity index (χ3n) is 6.32. The molecule has 4 aromatic rings. The van der Waals surface area contributed by atoms with E-state index in [0.29, 0.717) is 17.6 Å². The van der Waals surface area contributed by atoms with Crippen LogP contribution in [0.15, 0.2) is 61.1 Å². The van der Waals surface area contributed by atoms with E-state index in [1.807, 2.05) is 0 Å². The molecule has 212 valence electrons. The number of nitrogen functional groups attached to an aromatic ring is 1. The van der Waals surface area contributed by atoms with Gasteiger partial charge >= 0.3 is 15.6 Å². The number of para-hydroxylation sites is 2. The molecule has 17 heteroatoms. The second kappa shape index (κ2) is 11.6. The predicted octanol–water partition coefficient (Wildman–Crippen LogP) is 5.28. The highest BCUT2D eigenvalue weighted by Gasteiger charge is 2.45. The van der Waals surface area contributed by atoms with E-state index in [2.05, 4.69) is 15.0 Å². The minimum Gasteiger partial charge on any atom is -0.403 e. The number of hydrogen-bond acceptors (Lipinski definition) is 10. The molecule has 0 radical (unpaired) electrons. The lowest BCUT2D eigenvalue weighted by Crippen LogP contribution is -2.43. The van der Waals surface area contributed by atoms with Gasteiger partial charge in [0.1, 0.15) is 17.0 Å². The van der Waals surface area contributed by atoms with E-state index in [1.54, 1.807) is 35.2 Å². The maximum Gasteiger partial charge on any atom is 0.527 e. The average molecular weight is 630 g/mol. The molecule has 4 N–H and O–H groups in total. The van der Waals surface area contributed by atoms with Gasteiger partial charge < -0.3 is 19.3 Å². The van der Waals surface area contributed by atoms with Gasteiger partial charge in [-0.25, -0.2) is 19.1 Å². The molecule has 1 fully saturated rings. The van der Waals surface area contributed by atoms with Gasteiger partial charge in [-0.3, -0.25) is 18.8 Å². The van der Waals surface area contributed by atoms with Crippen molar-refractivity contribution in [1.82, 2.24) is 19.5 Å². The van der Waals surface area contributed by atoms with Crippen LogP contribution in [0.3, 0.4) is 0 Å². The molecule has 5 atom stereocenters. The number of phosphoric acid groups is 2. The number of fused-ring (bicyclic) bond motifs is 1. The highest BCUT2D eigenvalue weighted by atomic mass is 35.5. The Bertz CT molecular complexity index is 1630. The number of imidazole rings is 1. The lowest BCUT2D eigenvalue weighted by Gasteiger charge is -2.45. The summed E-state index contributed by atoms with van der Waals surface area (Å²) in [5.41, 5.74) is 6.71. The van der Waals surface area contributed by atoms with Crippen molar-refractivity contribution in [3.8, 4) is 11.5 Å². The summed E-state index contributed by atoms with van der Waals surface area (Å²) in [7, 11) is -9.16. The Morgan fingerprint density at radius 2 is 1.50 bits per heavy atom. The van der Waals surface area contributed by atoms with Gasteiger partial charge in [-0.1, -0.05) is 47.5 Å². The predicted molar refractivity (Wildman–Crippen MR) is 146 cm³/mol. The topological polar surface area (TPSA) is 181 Å². The quantitative estimate of drug-likeness (QED) is 0.183. The average Bonchev–Trinajstić information content (AvgIpc) is 3.28. The summed E-state index contributed by atoms with van der Waals surface area (Å²) in [6.45, 7) is -0.508. The van der Waals surface area contributed by atoms with Gasteiger partial charge in [-0.2, -0.15) is 4.98 Å². The highest BCUT2D eigenvalue weighted by molar-refractivity contribution is 7.48. The Labute approximate surface area is 238 Å². The summed E-state index contributed by atoms with van der Waals surface area (Å²) >= 11 is 12.0. The number of hydrogen-bond donors (Lipinski definition) is 3. The third kappa shape index (κ3) is 6.59. The Balaban J connectivity index is 1.32. The Morgan fingerprint density at radius 3 is 2.10 bits per heavy atom. The summed E-state index contributed by atoms with van der Waals surface area (Å²) in [6.07, 6.45) is 3.45. The van der Waals surface area contributed by atoms with Crippen molar-refractivity contribution in [2.75, 3.05) is 18.9 Å². The number of anilines is 1. The zero-order valence-electron chi connectivity index (χ0n) is 20.5. The van der Waals surface area contributed by atoms with Crippen molar-refractivity contribution < 1.29 is 37.0 Å². The van der Waals surface area contributed by atoms with Crippen LogP contribution < -0.4 is 14.8 Å². The Morgan fingerprint density at radius 1 is 0.925 bits per heavy atom. The first-order valence-electron chi connectivity index (χ1n) is 11.8. The Kier molecular flexibility index (Phi) is 8.37. The van der Waals surface area contributed by atoms with Crippen LogP contribution >= 0.6 is 38.8 Å². The fraction of sp³-hybridized carbons (Fsp3) is 0.261. The summed E-state index contributed by atoms with van der Waals surface area (Å²) in [5.74, 6) is -0.874. The standard InChI is InChI=1S/C23H23Cl2N5O8P2/c24-16-5-1-3-7-20(16)37-39(31,32)35-11-14-9-19(30-13-28-18-10-27-23(26)29-22(18)30)15(14)12-36-40(33,34)38-21-8-4-2-6-17(21)25/h1-8,10,13-15,19H,9,11-12H2,(H,31,32)(H,33,34)(H2,26,27,29)/t14-,15+,19-/m1/s1. The molecule has 1 aliphatic carbocycles. The normalized spacial score (nSPS) is 21.8. The number of aromatic nitrogens is 4. The second-order valence-electron chi connectivity index (χ2n) is 8.89. The van der Waals surface area contributed by atoms with Crippen LogP contribution in [0, 0.1) is 11.8 Å². The molecule has 0 amide bonds. The molecule has 13 nitrogen and oxygen atoms in total. The first kappa shape index (κ1) is 28.8. The minimum absolute atomic E-state index is 0.0125. The SMILES string of the molecule is Nc1ncc2ncn([C@@H]3C[C@H](COP(=O)(O)Oc4ccccc4Cl)[C@@H]3COP(=O)(O)Oc3ccccc3Cl)c2n1. The lowest BCUT2D eigenvalue weighted by atomic mass is 9.70. The van der Waals surface area contributed by atoms with Crippen LogP contribution in [0.4, 0.5) is 5.95 Å². The molecule has 2 unspecified atom stereocenters. The van der Waals surface area contributed by atoms with Crippen LogP contribution in [-0.4, -0.2) is 42.5 Å². The van der Waals surface area contributed by atoms with Gasteiger partial charge in [0.2, 0.25) is 5.95 Å². The summed E-state index contributed by atoms with van der Waals surface area (Å²) in [6, 6.07) is 12.0. The number of halogens is 2. The smallest absolute Gasteiger partial charge is 0.403 e. The van der Waals surface area contributed by atoms with E-state index in [-0.39, 0.29) is 46.7 Å². The minimum atomic E-state index is -4.60. The van der Waals surface area contributed by atoms with Gasteiger partial charge in [0.15, 0.2) is 5.65 Å². The van der Waals surface area contributed by atoms with Gasteiger partial charge in [0.25, 0.3) is 0 Å². The summed E-state index contributed by atoms with van der Waals surface area (Å²) in [5, 5.41) is 0.272. The molecule has 2 heterocycles. The lowest BCUT2D eigenvalue weighted by molar-refractivity contribution is -0.00443. The van der Waals surface area contributed by atoms with Crippen LogP contribution in [0.5, 0.6) is 11.5 Å². The number of phosphoric ester groups is 2. The molecule has 5 rings (SSSR count). The zero-order valence-corrected chi connectivity index (χ0v) is 23.8. The van der Waals surface area contributed by atoms with Crippen molar-refractivity contribution in [3.05, 3.63) is 71.1 Å². The van der Waals surface area contributed by atoms with Crippen molar-refractivity contribution in [3.63, 3.8) is 0 Å². The molecule has 1 saturated carbocycles. The maximum absolute atomic E-state index is 12.7. The van der Waals surface area contributed by atoms with E-state index in [9.17, 15) is 18.9 Å². The highest BCUT2D eigenvalue weighted by Crippen LogP contribution is 2.53. The molecule has 0 saturated heterocycles. The van der Waals surface area contributed by atoms with Gasteiger partial charge in [-0.15, -0.1) is 0 Å². The van der Waals surface area contributed by atoms with Crippen molar-refractivity contribution >= 4 is 56.0 Å². The fourth-order valence-corrected chi connectivity index (χ4v) is 6.45. The molecular weight excluding hydrogens is 607 g/mol. The molecule has 0 aliphatic heterocycles. The van der Waals surface area contributed by atoms with Crippen molar-refractivity contribution in [2.45, 2.75) is 12.5 Å². The number of benzene rings is 2. The van der Waals surface area contributed by atoms with E-state index >= 15 is 0 Å². The third-order valence-corrected chi connectivity index (χ3v) is 8.75. The summed E-state index contributed by atoms with van der Waals surface area (Å²) < 4.78 is 48.0. The number of rotatable bonds is 11. The largest absolute Gasteiger partial charge is 0.527 e. The fourth-order valence-electron chi connectivity index (χ4n) is 4.33. The molecule has 2 aromatic heterocycles. The molecule has 0 spiro atoms. The second-order valence-corrected chi connectivity index (χ2v) is 12.5. The van der Waals surface area contributed by atoms with Gasteiger partial charge in [0.05, 0.1) is 35.8 Å². The van der Waals surface area contributed by atoms with E-state index in [4.69, 9.17) is 47.0 Å².